The highest BCUT2D eigenvalue weighted by molar-refractivity contribution is 7.22. The maximum absolute atomic E-state index is 12.5. The molecular weight excluding hydrogens is 322 g/mol. The average Bonchev–Trinajstić information content (AvgIpc) is 3.18. The summed E-state index contributed by atoms with van der Waals surface area (Å²) in [6, 6.07) is 17.3. The molecule has 2 aromatic carbocycles. The number of rotatable bonds is 3. The van der Waals surface area contributed by atoms with E-state index in [4.69, 9.17) is 0 Å². The lowest BCUT2D eigenvalue weighted by molar-refractivity contribution is 0.102. The summed E-state index contributed by atoms with van der Waals surface area (Å²) >= 11 is 1.43. The fourth-order valence-electron chi connectivity index (χ4n) is 2.44. The Kier molecular flexibility index (Phi) is 3.55. The highest BCUT2D eigenvalue weighted by Gasteiger charge is 2.18. The fraction of sp³-hybridized carbons (Fsp3) is 0.0588. The van der Waals surface area contributed by atoms with Crippen LogP contribution in [-0.2, 0) is 0 Å². The van der Waals surface area contributed by atoms with Gasteiger partial charge in [0.2, 0.25) is 0 Å². The van der Waals surface area contributed by atoms with Crippen molar-refractivity contribution in [1.29, 1.82) is 0 Å². The lowest BCUT2D eigenvalue weighted by Gasteiger charge is -2.03. The molecule has 4 rings (SSSR count). The number of nitrogens with zero attached hydrogens (tertiary/aromatic N) is 4. The van der Waals surface area contributed by atoms with Gasteiger partial charge in [0, 0.05) is 0 Å². The molecule has 24 heavy (non-hydrogen) atoms. The molecule has 0 radical (unpaired) electrons. The van der Waals surface area contributed by atoms with E-state index in [2.05, 4.69) is 20.6 Å². The number of thiazole rings is 1. The molecule has 4 aromatic rings. The van der Waals surface area contributed by atoms with Crippen LogP contribution in [0.1, 0.15) is 16.2 Å². The van der Waals surface area contributed by atoms with Crippen LogP contribution in [0.3, 0.4) is 0 Å². The lowest BCUT2D eigenvalue weighted by Crippen LogP contribution is -2.14. The van der Waals surface area contributed by atoms with Crippen LogP contribution in [0.4, 0.5) is 5.13 Å². The summed E-state index contributed by atoms with van der Waals surface area (Å²) in [4.78, 5) is 16.9. The Bertz CT molecular complexity index is 989. The molecule has 2 aromatic heterocycles. The number of carbonyl (C=O) groups excluding carboxylic acids is 1. The van der Waals surface area contributed by atoms with Crippen molar-refractivity contribution in [2.24, 2.45) is 0 Å². The third-order valence-electron chi connectivity index (χ3n) is 3.62. The van der Waals surface area contributed by atoms with E-state index < -0.39 is 0 Å². The molecule has 7 heteroatoms. The number of para-hydroxylation sites is 2. The van der Waals surface area contributed by atoms with Gasteiger partial charge >= 0.3 is 0 Å². The number of benzene rings is 2. The summed E-state index contributed by atoms with van der Waals surface area (Å²) in [5.41, 5.74) is 2.70. The van der Waals surface area contributed by atoms with E-state index in [0.717, 1.165) is 15.9 Å². The van der Waals surface area contributed by atoms with Gasteiger partial charge in [-0.15, -0.1) is 5.10 Å². The average molecular weight is 335 g/mol. The first kappa shape index (κ1) is 14.5. The number of fused-ring (bicyclic) bond motifs is 1. The maximum Gasteiger partial charge on any atom is 0.279 e. The SMILES string of the molecule is Cc1c(C(=O)Nc2nc3ccccc3s2)nnn1-c1ccccc1. The van der Waals surface area contributed by atoms with Crippen LogP contribution in [-0.4, -0.2) is 25.9 Å². The fourth-order valence-corrected chi connectivity index (χ4v) is 3.30. The Hall–Kier alpha value is -3.06. The van der Waals surface area contributed by atoms with Crippen LogP contribution in [0.5, 0.6) is 0 Å². The molecule has 0 spiro atoms. The topological polar surface area (TPSA) is 72.7 Å². The zero-order valence-corrected chi connectivity index (χ0v) is 13.6. The molecule has 0 unspecified atom stereocenters. The minimum Gasteiger partial charge on any atom is -0.296 e. The predicted octanol–water partition coefficient (Wildman–Crippen LogP) is 3.44. The third kappa shape index (κ3) is 2.55. The van der Waals surface area contributed by atoms with Crippen molar-refractivity contribution in [3.05, 3.63) is 66.0 Å². The molecule has 0 saturated heterocycles. The Morgan fingerprint density at radius 1 is 1.08 bits per heavy atom. The highest BCUT2D eigenvalue weighted by Crippen LogP contribution is 2.25. The third-order valence-corrected chi connectivity index (χ3v) is 4.58. The highest BCUT2D eigenvalue weighted by atomic mass is 32.1. The maximum atomic E-state index is 12.5. The zero-order chi connectivity index (χ0) is 16.5. The minimum absolute atomic E-state index is 0.290. The van der Waals surface area contributed by atoms with Gasteiger partial charge in [-0.2, -0.15) is 0 Å². The van der Waals surface area contributed by atoms with Gasteiger partial charge in [-0.25, -0.2) is 9.67 Å². The molecule has 0 fully saturated rings. The van der Waals surface area contributed by atoms with Crippen molar-refractivity contribution >= 4 is 32.6 Å². The van der Waals surface area contributed by atoms with Crippen molar-refractivity contribution in [1.82, 2.24) is 20.0 Å². The van der Waals surface area contributed by atoms with E-state index >= 15 is 0 Å². The number of carbonyl (C=O) groups is 1. The number of amides is 1. The summed E-state index contributed by atoms with van der Waals surface area (Å²) < 4.78 is 2.67. The van der Waals surface area contributed by atoms with Crippen LogP contribution >= 0.6 is 11.3 Å². The van der Waals surface area contributed by atoms with Crippen molar-refractivity contribution in [2.45, 2.75) is 6.92 Å². The van der Waals surface area contributed by atoms with Gasteiger partial charge in [0.1, 0.15) is 0 Å². The molecule has 1 N–H and O–H groups in total. The second kappa shape index (κ2) is 5.86. The lowest BCUT2D eigenvalue weighted by atomic mass is 10.3. The standard InChI is InChI=1S/C17H13N5OS/c1-11-15(20-21-22(11)12-7-3-2-4-8-12)16(23)19-17-18-13-9-5-6-10-14(13)24-17/h2-10H,1H3,(H,18,19,23). The molecule has 6 nitrogen and oxygen atoms in total. The van der Waals surface area contributed by atoms with Gasteiger partial charge in [0.25, 0.3) is 5.91 Å². The van der Waals surface area contributed by atoms with E-state index in [-0.39, 0.29) is 11.6 Å². The van der Waals surface area contributed by atoms with E-state index in [1.807, 2.05) is 61.5 Å². The largest absolute Gasteiger partial charge is 0.296 e. The number of hydrogen-bond acceptors (Lipinski definition) is 5. The number of anilines is 1. The molecule has 0 bridgehead atoms. The van der Waals surface area contributed by atoms with Crippen molar-refractivity contribution in [3.8, 4) is 5.69 Å². The quantitative estimate of drug-likeness (QED) is 0.622. The van der Waals surface area contributed by atoms with Crippen LogP contribution in [0, 0.1) is 6.92 Å². The predicted molar refractivity (Wildman–Crippen MR) is 93.7 cm³/mol. The van der Waals surface area contributed by atoms with Crippen LogP contribution in [0.15, 0.2) is 54.6 Å². The number of aromatic nitrogens is 4. The summed E-state index contributed by atoms with van der Waals surface area (Å²) in [6.07, 6.45) is 0. The van der Waals surface area contributed by atoms with E-state index in [1.165, 1.54) is 11.3 Å². The molecule has 0 atom stereocenters. The monoisotopic (exact) mass is 335 g/mol. The molecule has 118 valence electrons. The second-order valence-electron chi connectivity index (χ2n) is 5.21. The normalized spacial score (nSPS) is 10.9. The molecule has 0 aliphatic heterocycles. The van der Waals surface area contributed by atoms with E-state index in [9.17, 15) is 4.79 Å². The van der Waals surface area contributed by atoms with Gasteiger partial charge in [-0.05, 0) is 31.2 Å². The van der Waals surface area contributed by atoms with Gasteiger partial charge in [0.15, 0.2) is 10.8 Å². The van der Waals surface area contributed by atoms with E-state index in [0.29, 0.717) is 10.8 Å². The van der Waals surface area contributed by atoms with Crippen LogP contribution < -0.4 is 5.32 Å². The number of nitrogens with one attached hydrogen (secondary N) is 1. The van der Waals surface area contributed by atoms with E-state index in [1.54, 1.807) is 4.68 Å². The Labute approximate surface area is 141 Å². The van der Waals surface area contributed by atoms with Gasteiger partial charge in [0.05, 0.1) is 21.6 Å². The molecule has 0 aliphatic carbocycles. The first-order valence-electron chi connectivity index (χ1n) is 7.37. The molecule has 0 saturated carbocycles. The first-order chi connectivity index (χ1) is 11.7. The summed E-state index contributed by atoms with van der Waals surface area (Å²) in [5.74, 6) is -0.311. The van der Waals surface area contributed by atoms with Crippen LogP contribution in [0.25, 0.3) is 15.9 Å². The number of hydrogen-bond donors (Lipinski definition) is 1. The second-order valence-corrected chi connectivity index (χ2v) is 6.24. The van der Waals surface area contributed by atoms with Crippen LogP contribution in [0.2, 0.25) is 0 Å². The summed E-state index contributed by atoms with van der Waals surface area (Å²) in [6.45, 7) is 1.82. The smallest absolute Gasteiger partial charge is 0.279 e. The molecular formula is C17H13N5OS. The van der Waals surface area contributed by atoms with Gasteiger partial charge in [-0.3, -0.25) is 10.1 Å². The molecule has 1 amide bonds. The first-order valence-corrected chi connectivity index (χ1v) is 8.18. The summed E-state index contributed by atoms with van der Waals surface area (Å²) in [5, 5.41) is 11.5. The molecule has 0 aliphatic rings. The van der Waals surface area contributed by atoms with Crippen molar-refractivity contribution in [2.75, 3.05) is 5.32 Å². The Balaban J connectivity index is 1.62. The Morgan fingerprint density at radius 3 is 2.62 bits per heavy atom. The van der Waals surface area contributed by atoms with Gasteiger partial charge in [-0.1, -0.05) is 46.9 Å². The van der Waals surface area contributed by atoms with Gasteiger partial charge < -0.3 is 0 Å². The minimum atomic E-state index is -0.311. The van der Waals surface area contributed by atoms with Crippen molar-refractivity contribution < 1.29 is 4.79 Å². The summed E-state index contributed by atoms with van der Waals surface area (Å²) in [7, 11) is 0. The zero-order valence-electron chi connectivity index (χ0n) is 12.8. The van der Waals surface area contributed by atoms with Crippen molar-refractivity contribution in [3.63, 3.8) is 0 Å². The molecule has 2 heterocycles. The Morgan fingerprint density at radius 2 is 1.83 bits per heavy atom.